The van der Waals surface area contributed by atoms with E-state index in [2.05, 4.69) is 26.0 Å². The Morgan fingerprint density at radius 1 is 1.29 bits per heavy atom. The van der Waals surface area contributed by atoms with Gasteiger partial charge in [0.1, 0.15) is 0 Å². The maximum absolute atomic E-state index is 13.1. The zero-order valence-corrected chi connectivity index (χ0v) is 8.78. The summed E-state index contributed by atoms with van der Waals surface area (Å²) in [4.78, 5) is 3.51. The minimum Gasteiger partial charge on any atom is -0.216 e. The van der Waals surface area contributed by atoms with E-state index in [-0.39, 0.29) is 4.73 Å². The predicted octanol–water partition coefficient (Wildman–Crippen LogP) is 2.23. The number of benzene rings is 1. The van der Waals surface area contributed by atoms with Gasteiger partial charge in [-0.05, 0) is 21.5 Å². The van der Waals surface area contributed by atoms with E-state index in [1.165, 1.54) is 4.68 Å². The number of hydrogen-bond donors (Lipinski definition) is 0. The molecule has 1 aromatic heterocycles. The summed E-state index contributed by atoms with van der Waals surface area (Å²) in [6.07, 6.45) is -0.583. The van der Waals surface area contributed by atoms with Gasteiger partial charge in [-0.25, -0.2) is 4.68 Å². The van der Waals surface area contributed by atoms with E-state index < -0.39 is 6.08 Å². The van der Waals surface area contributed by atoms with Crippen LogP contribution in [0.1, 0.15) is 5.56 Å². The molecule has 0 fully saturated rings. The molecule has 0 saturated carbocycles. The molecule has 1 aromatic carbocycles. The molecule has 1 heterocycles. The lowest BCUT2D eigenvalue weighted by atomic mass is 10.2. The number of hydrogen-bond acceptors (Lipinski definition) is 2. The summed E-state index contributed by atoms with van der Waals surface area (Å²) in [5.41, 5.74) is 0.990. The Bertz CT molecular complexity index is 427. The van der Waals surface area contributed by atoms with E-state index in [0.717, 1.165) is 5.56 Å². The third-order valence-electron chi connectivity index (χ3n) is 1.78. The highest BCUT2D eigenvalue weighted by Crippen LogP contribution is 2.07. The minimum absolute atomic E-state index is 0.269. The van der Waals surface area contributed by atoms with Crippen LogP contribution in [0.3, 0.4) is 0 Å². The molecular formula is C9H7BrFN3. The molecule has 0 aliphatic carbocycles. The van der Waals surface area contributed by atoms with Gasteiger partial charge in [-0.2, -0.15) is 9.37 Å². The fourth-order valence-electron chi connectivity index (χ4n) is 1.15. The van der Waals surface area contributed by atoms with Gasteiger partial charge >= 0.3 is 6.08 Å². The van der Waals surface area contributed by atoms with Crippen LogP contribution in [-0.4, -0.2) is 14.8 Å². The third kappa shape index (κ3) is 1.98. The van der Waals surface area contributed by atoms with Crippen molar-refractivity contribution in [3.05, 3.63) is 46.7 Å². The van der Waals surface area contributed by atoms with Gasteiger partial charge in [0.05, 0.1) is 6.54 Å². The maximum atomic E-state index is 13.1. The summed E-state index contributed by atoms with van der Waals surface area (Å²) < 4.78 is 14.5. The Hall–Kier alpha value is -1.23. The van der Waals surface area contributed by atoms with E-state index in [9.17, 15) is 4.39 Å². The maximum Gasteiger partial charge on any atom is 0.308 e. The zero-order chi connectivity index (χ0) is 9.97. The van der Waals surface area contributed by atoms with Crippen LogP contribution in [0.25, 0.3) is 0 Å². The van der Waals surface area contributed by atoms with Crippen molar-refractivity contribution in [2.75, 3.05) is 0 Å². The molecule has 3 nitrogen and oxygen atoms in total. The van der Waals surface area contributed by atoms with Gasteiger partial charge < -0.3 is 0 Å². The van der Waals surface area contributed by atoms with Crippen LogP contribution in [0.2, 0.25) is 0 Å². The lowest BCUT2D eigenvalue weighted by molar-refractivity contribution is 0.457. The van der Waals surface area contributed by atoms with Crippen LogP contribution >= 0.6 is 15.9 Å². The topological polar surface area (TPSA) is 30.7 Å². The molecule has 0 unspecified atom stereocenters. The normalized spacial score (nSPS) is 10.4. The van der Waals surface area contributed by atoms with Crippen molar-refractivity contribution in [3.8, 4) is 0 Å². The first-order chi connectivity index (χ1) is 6.75. The molecule has 0 bridgehead atoms. The number of aromatic nitrogens is 3. The van der Waals surface area contributed by atoms with E-state index in [1.54, 1.807) is 0 Å². The molecule has 72 valence electrons. The van der Waals surface area contributed by atoms with Gasteiger partial charge in [-0.1, -0.05) is 30.3 Å². The summed E-state index contributed by atoms with van der Waals surface area (Å²) in [7, 11) is 0. The summed E-state index contributed by atoms with van der Waals surface area (Å²) in [6.45, 7) is 0.394. The Kier molecular flexibility index (Phi) is 2.58. The second-order valence-corrected chi connectivity index (χ2v) is 3.50. The smallest absolute Gasteiger partial charge is 0.216 e. The molecule has 0 spiro atoms. The SMILES string of the molecule is Fc1nc(Br)nn1Cc1ccccc1. The third-order valence-corrected chi connectivity index (χ3v) is 2.11. The largest absolute Gasteiger partial charge is 0.308 e. The monoisotopic (exact) mass is 255 g/mol. The highest BCUT2D eigenvalue weighted by molar-refractivity contribution is 9.10. The quantitative estimate of drug-likeness (QED) is 0.824. The first-order valence-electron chi connectivity index (χ1n) is 4.05. The van der Waals surface area contributed by atoms with Crippen LogP contribution in [0.15, 0.2) is 35.1 Å². The van der Waals surface area contributed by atoms with Crippen molar-refractivity contribution in [1.29, 1.82) is 0 Å². The fraction of sp³-hybridized carbons (Fsp3) is 0.111. The molecule has 5 heteroatoms. The van der Waals surface area contributed by atoms with Crippen molar-refractivity contribution < 1.29 is 4.39 Å². The lowest BCUT2D eigenvalue weighted by Gasteiger charge is -2.00. The Morgan fingerprint density at radius 3 is 2.57 bits per heavy atom. The highest BCUT2D eigenvalue weighted by Gasteiger charge is 2.06. The van der Waals surface area contributed by atoms with Crippen LogP contribution in [0.5, 0.6) is 0 Å². The molecular weight excluding hydrogens is 249 g/mol. The summed E-state index contributed by atoms with van der Waals surface area (Å²) >= 11 is 3.01. The molecule has 0 aliphatic rings. The number of halogens is 2. The number of nitrogens with zero attached hydrogens (tertiary/aromatic N) is 3. The highest BCUT2D eigenvalue weighted by atomic mass is 79.9. The fourth-order valence-corrected chi connectivity index (χ4v) is 1.49. The Labute approximate surface area is 88.7 Å². The summed E-state index contributed by atoms with van der Waals surface area (Å²) in [5.74, 6) is 0. The molecule has 0 N–H and O–H groups in total. The number of rotatable bonds is 2. The van der Waals surface area contributed by atoms with E-state index >= 15 is 0 Å². The van der Waals surface area contributed by atoms with Gasteiger partial charge in [0.15, 0.2) is 0 Å². The molecule has 14 heavy (non-hydrogen) atoms. The molecule has 0 atom stereocenters. The first-order valence-corrected chi connectivity index (χ1v) is 4.85. The molecule has 0 saturated heterocycles. The van der Waals surface area contributed by atoms with Crippen molar-refractivity contribution in [1.82, 2.24) is 14.8 Å². The standard InChI is InChI=1S/C9H7BrFN3/c10-8-12-9(11)14(13-8)6-7-4-2-1-3-5-7/h1-5H,6H2. The summed E-state index contributed by atoms with van der Waals surface area (Å²) in [5, 5.41) is 3.85. The van der Waals surface area contributed by atoms with Crippen LogP contribution in [0.4, 0.5) is 4.39 Å². The van der Waals surface area contributed by atoms with E-state index in [0.29, 0.717) is 6.54 Å². The zero-order valence-electron chi connectivity index (χ0n) is 7.19. The molecule has 2 rings (SSSR count). The minimum atomic E-state index is -0.583. The van der Waals surface area contributed by atoms with E-state index in [4.69, 9.17) is 0 Å². The van der Waals surface area contributed by atoms with Crippen molar-refractivity contribution in [3.63, 3.8) is 0 Å². The van der Waals surface area contributed by atoms with Gasteiger partial charge in [0.2, 0.25) is 4.73 Å². The molecule has 0 radical (unpaired) electrons. The van der Waals surface area contributed by atoms with Crippen molar-refractivity contribution >= 4 is 15.9 Å². The predicted molar refractivity (Wildman–Crippen MR) is 53.2 cm³/mol. The van der Waals surface area contributed by atoms with Gasteiger partial charge in [0.25, 0.3) is 0 Å². The lowest BCUT2D eigenvalue weighted by Crippen LogP contribution is -2.04. The molecule has 0 aliphatic heterocycles. The van der Waals surface area contributed by atoms with Crippen molar-refractivity contribution in [2.45, 2.75) is 6.54 Å². The van der Waals surface area contributed by atoms with Gasteiger partial charge in [-0.15, -0.1) is 5.10 Å². The first kappa shape index (κ1) is 9.33. The van der Waals surface area contributed by atoms with Crippen molar-refractivity contribution in [2.24, 2.45) is 0 Å². The average molecular weight is 256 g/mol. The molecule has 0 amide bonds. The van der Waals surface area contributed by atoms with Gasteiger partial charge in [0, 0.05) is 0 Å². The Morgan fingerprint density at radius 2 is 2.00 bits per heavy atom. The second-order valence-electron chi connectivity index (χ2n) is 2.79. The van der Waals surface area contributed by atoms with Crippen LogP contribution < -0.4 is 0 Å². The molecule has 2 aromatic rings. The summed E-state index contributed by atoms with van der Waals surface area (Å²) in [6, 6.07) is 9.54. The average Bonchev–Trinajstić information content (AvgIpc) is 2.47. The van der Waals surface area contributed by atoms with Crippen LogP contribution in [0, 0.1) is 6.08 Å². The second kappa shape index (κ2) is 3.88. The van der Waals surface area contributed by atoms with Gasteiger partial charge in [-0.3, -0.25) is 0 Å². The Balaban J connectivity index is 2.23. The van der Waals surface area contributed by atoms with Crippen LogP contribution in [-0.2, 0) is 6.54 Å². The van der Waals surface area contributed by atoms with E-state index in [1.807, 2.05) is 30.3 Å².